The van der Waals surface area contributed by atoms with Crippen LogP contribution in [0.2, 0.25) is 5.15 Å². The van der Waals surface area contributed by atoms with E-state index in [1.54, 1.807) is 13.0 Å². The summed E-state index contributed by atoms with van der Waals surface area (Å²) in [4.78, 5) is 29.0. The fourth-order valence-corrected chi connectivity index (χ4v) is 6.74. The smallest absolute Gasteiger partial charge is 0.342 e. The van der Waals surface area contributed by atoms with E-state index in [-0.39, 0.29) is 34.7 Å². The quantitative estimate of drug-likeness (QED) is 0.589. The summed E-state index contributed by atoms with van der Waals surface area (Å²) in [6, 6.07) is 1.89. The van der Waals surface area contributed by atoms with Gasteiger partial charge in [0.2, 0.25) is 0 Å². The molecule has 1 amide bonds. The molecule has 0 aromatic carbocycles. The second-order valence-electron chi connectivity index (χ2n) is 9.39. The van der Waals surface area contributed by atoms with Crippen LogP contribution in [0.1, 0.15) is 67.1 Å². The molecule has 4 fully saturated rings. The van der Waals surface area contributed by atoms with Crippen molar-refractivity contribution in [2.45, 2.75) is 65.3 Å². The van der Waals surface area contributed by atoms with Crippen molar-refractivity contribution in [1.82, 2.24) is 10.3 Å². The third kappa shape index (κ3) is 3.66. The molecule has 5 rings (SSSR count). The molecule has 0 saturated heterocycles. The lowest BCUT2D eigenvalue weighted by Gasteiger charge is -2.59. The normalized spacial score (nSPS) is 31.5. The molecular formula is C22H29ClN2O3. The van der Waals surface area contributed by atoms with E-state index < -0.39 is 5.97 Å². The van der Waals surface area contributed by atoms with Crippen LogP contribution in [0.3, 0.4) is 0 Å². The molecule has 4 saturated carbocycles. The number of carbonyl (C=O) groups is 2. The highest BCUT2D eigenvalue weighted by atomic mass is 35.5. The van der Waals surface area contributed by atoms with E-state index in [2.05, 4.69) is 17.2 Å². The van der Waals surface area contributed by atoms with Gasteiger partial charge in [0.15, 0.2) is 6.61 Å². The molecule has 1 heterocycles. The summed E-state index contributed by atoms with van der Waals surface area (Å²) in [6.07, 6.45) is 7.81. The number of pyridine rings is 1. The van der Waals surface area contributed by atoms with Crippen LogP contribution in [0, 0.1) is 37.0 Å². The predicted octanol–water partition coefficient (Wildman–Crippen LogP) is 4.23. The number of carbonyl (C=O) groups excluding carboxylic acids is 2. The molecule has 28 heavy (non-hydrogen) atoms. The Morgan fingerprint density at radius 3 is 2.32 bits per heavy atom. The van der Waals surface area contributed by atoms with Gasteiger partial charge in [-0.3, -0.25) is 4.79 Å². The molecule has 4 bridgehead atoms. The third-order valence-electron chi connectivity index (χ3n) is 7.22. The van der Waals surface area contributed by atoms with Gasteiger partial charge in [-0.2, -0.15) is 0 Å². The van der Waals surface area contributed by atoms with Crippen LogP contribution in [0.25, 0.3) is 0 Å². The number of hydrogen-bond donors (Lipinski definition) is 1. The number of ether oxygens (including phenoxy) is 1. The Balaban J connectivity index is 1.34. The molecule has 0 aliphatic heterocycles. The molecule has 1 aromatic rings. The molecular weight excluding hydrogens is 376 g/mol. The van der Waals surface area contributed by atoms with Crippen molar-refractivity contribution in [1.29, 1.82) is 0 Å². The highest BCUT2D eigenvalue weighted by Crippen LogP contribution is 2.61. The van der Waals surface area contributed by atoms with Crippen molar-refractivity contribution in [3.63, 3.8) is 0 Å². The lowest BCUT2D eigenvalue weighted by molar-refractivity contribution is -0.128. The summed E-state index contributed by atoms with van der Waals surface area (Å²) in [5.41, 5.74) is 1.90. The Morgan fingerprint density at radius 1 is 1.21 bits per heavy atom. The highest BCUT2D eigenvalue weighted by Gasteiger charge is 2.53. The number of nitrogens with one attached hydrogen (secondary N) is 1. The average Bonchev–Trinajstić information content (AvgIpc) is 2.58. The fourth-order valence-electron chi connectivity index (χ4n) is 6.38. The summed E-state index contributed by atoms with van der Waals surface area (Å²) in [5.74, 6) is 1.66. The predicted molar refractivity (Wildman–Crippen MR) is 107 cm³/mol. The van der Waals surface area contributed by atoms with E-state index in [4.69, 9.17) is 16.3 Å². The number of amides is 1. The van der Waals surface area contributed by atoms with Gasteiger partial charge < -0.3 is 10.1 Å². The maximum Gasteiger partial charge on any atom is 0.342 e. The summed E-state index contributed by atoms with van der Waals surface area (Å²) >= 11 is 6.09. The van der Waals surface area contributed by atoms with Gasteiger partial charge in [-0.15, -0.1) is 0 Å². The average molecular weight is 405 g/mol. The Kier molecular flexibility index (Phi) is 5.15. The minimum Gasteiger partial charge on any atom is -0.452 e. The molecule has 4 aliphatic rings. The zero-order chi connectivity index (χ0) is 20.1. The Bertz CT molecular complexity index is 749. The maximum atomic E-state index is 12.5. The number of hydrogen-bond acceptors (Lipinski definition) is 4. The van der Waals surface area contributed by atoms with Crippen LogP contribution >= 0.6 is 11.6 Å². The lowest BCUT2D eigenvalue weighted by Crippen LogP contribution is -2.56. The molecule has 1 atom stereocenters. The minimum absolute atomic E-state index is 0.110. The number of rotatable bonds is 5. The summed E-state index contributed by atoms with van der Waals surface area (Å²) < 4.78 is 5.24. The highest BCUT2D eigenvalue weighted by molar-refractivity contribution is 6.32. The van der Waals surface area contributed by atoms with Gasteiger partial charge in [0, 0.05) is 11.7 Å². The fraction of sp³-hybridized carbons (Fsp3) is 0.682. The van der Waals surface area contributed by atoms with Gasteiger partial charge in [-0.1, -0.05) is 11.6 Å². The van der Waals surface area contributed by atoms with Crippen molar-refractivity contribution in [2.24, 2.45) is 23.2 Å². The second kappa shape index (κ2) is 7.33. The van der Waals surface area contributed by atoms with Crippen LogP contribution in [0.15, 0.2) is 6.07 Å². The van der Waals surface area contributed by atoms with E-state index in [0.717, 1.165) is 23.4 Å². The Labute approximate surface area is 171 Å². The topological polar surface area (TPSA) is 68.3 Å². The number of nitrogens with zero attached hydrogens (tertiary/aromatic N) is 1. The Hall–Kier alpha value is -1.62. The molecule has 1 aromatic heterocycles. The largest absolute Gasteiger partial charge is 0.452 e. The SMILES string of the molecule is Cc1cc(C)c(C(=O)OCC(=O)N[C@@H](C)C23CC4CC(CC(C4)C2)C3)c(Cl)n1. The van der Waals surface area contributed by atoms with Crippen LogP contribution in [-0.2, 0) is 9.53 Å². The zero-order valence-electron chi connectivity index (χ0n) is 16.9. The number of halogens is 1. The van der Waals surface area contributed by atoms with Gasteiger partial charge >= 0.3 is 5.97 Å². The first-order valence-corrected chi connectivity index (χ1v) is 10.7. The first-order chi connectivity index (χ1) is 13.3. The zero-order valence-corrected chi connectivity index (χ0v) is 17.6. The lowest BCUT2D eigenvalue weighted by atomic mass is 9.48. The van der Waals surface area contributed by atoms with E-state index in [1.165, 1.54) is 38.5 Å². The minimum atomic E-state index is -0.604. The maximum absolute atomic E-state index is 12.5. The molecule has 0 unspecified atom stereocenters. The van der Waals surface area contributed by atoms with Crippen molar-refractivity contribution in [3.05, 3.63) is 28.0 Å². The van der Waals surface area contributed by atoms with Gasteiger partial charge in [0.25, 0.3) is 5.91 Å². The van der Waals surface area contributed by atoms with Crippen LogP contribution in [0.4, 0.5) is 0 Å². The molecule has 0 radical (unpaired) electrons. The first kappa shape index (κ1) is 19.7. The van der Waals surface area contributed by atoms with Crippen molar-refractivity contribution in [3.8, 4) is 0 Å². The van der Waals surface area contributed by atoms with E-state index >= 15 is 0 Å². The standard InChI is InChI=1S/C22H29ClN2O3/c1-12-4-13(2)24-20(23)19(12)21(27)28-11-18(26)25-14(3)22-8-15-5-16(9-22)7-17(6-15)10-22/h4,14-17H,5-11H2,1-3H3,(H,25,26)/t14-,15?,16?,17?,22?/m0/s1. The van der Waals surface area contributed by atoms with Crippen LogP contribution < -0.4 is 5.32 Å². The van der Waals surface area contributed by atoms with E-state index in [1.807, 2.05) is 6.92 Å². The molecule has 5 nitrogen and oxygen atoms in total. The van der Waals surface area contributed by atoms with E-state index in [0.29, 0.717) is 5.56 Å². The molecule has 152 valence electrons. The van der Waals surface area contributed by atoms with Gasteiger partial charge in [0.1, 0.15) is 5.15 Å². The monoisotopic (exact) mass is 404 g/mol. The second-order valence-corrected chi connectivity index (χ2v) is 9.75. The number of esters is 1. The van der Waals surface area contributed by atoms with Crippen LogP contribution in [-0.4, -0.2) is 29.5 Å². The summed E-state index contributed by atoms with van der Waals surface area (Å²) in [6.45, 7) is 5.43. The van der Waals surface area contributed by atoms with Crippen molar-refractivity contribution < 1.29 is 14.3 Å². The third-order valence-corrected chi connectivity index (χ3v) is 7.49. The molecule has 1 N–H and O–H groups in total. The number of aryl methyl sites for hydroxylation is 2. The van der Waals surface area contributed by atoms with Crippen LogP contribution in [0.5, 0.6) is 0 Å². The molecule has 4 aliphatic carbocycles. The first-order valence-electron chi connectivity index (χ1n) is 10.4. The van der Waals surface area contributed by atoms with Gasteiger partial charge in [-0.25, -0.2) is 9.78 Å². The number of aromatic nitrogens is 1. The van der Waals surface area contributed by atoms with Gasteiger partial charge in [-0.05, 0) is 94.1 Å². The van der Waals surface area contributed by atoms with Crippen molar-refractivity contribution in [2.75, 3.05) is 6.61 Å². The Morgan fingerprint density at radius 2 is 1.79 bits per heavy atom. The molecule has 0 spiro atoms. The summed E-state index contributed by atoms with van der Waals surface area (Å²) in [5, 5.41) is 3.23. The van der Waals surface area contributed by atoms with E-state index in [9.17, 15) is 9.59 Å². The summed E-state index contributed by atoms with van der Waals surface area (Å²) in [7, 11) is 0. The molecule has 6 heteroatoms. The van der Waals surface area contributed by atoms with Crippen molar-refractivity contribution >= 4 is 23.5 Å². The van der Waals surface area contributed by atoms with Gasteiger partial charge in [0.05, 0.1) is 5.56 Å².